The van der Waals surface area contributed by atoms with Gasteiger partial charge in [0.05, 0.1) is 8.81 Å². The molecule has 0 heterocycles. The molecule has 1 aromatic rings. The minimum atomic E-state index is 0. The lowest BCUT2D eigenvalue weighted by Crippen LogP contribution is -2.11. The van der Waals surface area contributed by atoms with Crippen molar-refractivity contribution in [1.29, 1.82) is 0 Å². The molecular weight excluding hydrogens is 271 g/mol. The zero-order valence-electron chi connectivity index (χ0n) is 9.83. The molecule has 0 aliphatic heterocycles. The van der Waals surface area contributed by atoms with Crippen molar-refractivity contribution in [2.24, 2.45) is 0 Å². The van der Waals surface area contributed by atoms with E-state index in [0.717, 1.165) is 12.2 Å². The molecule has 0 amide bonds. The summed E-state index contributed by atoms with van der Waals surface area (Å²) in [5.74, 6) is 0.982. The molecule has 1 atom stereocenters. The van der Waals surface area contributed by atoms with Gasteiger partial charge in [-0.1, -0.05) is 38.5 Å². The van der Waals surface area contributed by atoms with Crippen LogP contribution in [0.2, 0.25) is 0 Å². The van der Waals surface area contributed by atoms with Gasteiger partial charge in [-0.3, -0.25) is 0 Å². The predicted molar refractivity (Wildman–Crippen MR) is 74.8 cm³/mol. The third-order valence-corrected chi connectivity index (χ3v) is 3.59. The average Bonchev–Trinajstić information content (AvgIpc) is 2.17. The lowest BCUT2D eigenvalue weighted by molar-refractivity contribution is 0.569. The highest BCUT2D eigenvalue weighted by Gasteiger charge is 2.16. The van der Waals surface area contributed by atoms with Gasteiger partial charge >= 0.3 is 0 Å². The van der Waals surface area contributed by atoms with E-state index in [0.29, 0.717) is 14.0 Å². The van der Waals surface area contributed by atoms with Crippen molar-refractivity contribution in [3.05, 3.63) is 29.8 Å². The largest absolute Gasteiger partial charge is 0.477 e. The summed E-state index contributed by atoms with van der Waals surface area (Å²) in [7, 11) is 0.533. The monoisotopic (exact) mass is 290 g/mol. The van der Waals surface area contributed by atoms with E-state index in [-0.39, 0.29) is 17.0 Å². The van der Waals surface area contributed by atoms with Crippen LogP contribution in [0.15, 0.2) is 24.3 Å². The highest BCUT2D eigenvalue weighted by atomic mass is 79.9. The maximum absolute atomic E-state index is 5.74. The van der Waals surface area contributed by atoms with Crippen LogP contribution in [-0.2, 0) is 0 Å². The Hall–Kier alpha value is -0.0700. The molecule has 0 radical (unpaired) electrons. The maximum Gasteiger partial charge on any atom is 0.122 e. The second-order valence-corrected chi connectivity index (χ2v) is 6.02. The van der Waals surface area contributed by atoms with E-state index in [1.165, 1.54) is 5.56 Å². The van der Waals surface area contributed by atoms with Crippen LogP contribution >= 0.6 is 25.8 Å². The second-order valence-electron chi connectivity index (χ2n) is 4.25. The number of hydrogen-bond donors (Lipinski definition) is 0. The Morgan fingerprint density at radius 1 is 1.20 bits per heavy atom. The number of aryl methyl sites for hydroxylation is 1. The van der Waals surface area contributed by atoms with E-state index in [1.807, 2.05) is 12.1 Å². The highest BCUT2D eigenvalue weighted by molar-refractivity contribution is 8.93. The standard InChI is InChI=1S/C12H19OP.BrH/c1-5-12(3,4)14-13-11-8-6-10(2)7-9-11;/h6-9,14H,5H2,1-4H3;1H. The summed E-state index contributed by atoms with van der Waals surface area (Å²) >= 11 is 0. The van der Waals surface area contributed by atoms with Gasteiger partial charge in [0.15, 0.2) is 0 Å². The molecule has 15 heavy (non-hydrogen) atoms. The minimum Gasteiger partial charge on any atom is -0.477 e. The summed E-state index contributed by atoms with van der Waals surface area (Å²) in [6.45, 7) is 8.76. The zero-order valence-corrected chi connectivity index (χ0v) is 12.5. The first kappa shape index (κ1) is 14.9. The highest BCUT2D eigenvalue weighted by Crippen LogP contribution is 2.35. The molecule has 0 aliphatic rings. The van der Waals surface area contributed by atoms with Crippen LogP contribution in [0.5, 0.6) is 5.75 Å². The quantitative estimate of drug-likeness (QED) is 0.728. The van der Waals surface area contributed by atoms with Gasteiger partial charge in [-0.15, -0.1) is 17.0 Å². The van der Waals surface area contributed by atoms with Gasteiger partial charge in [-0.05, 0) is 25.5 Å². The van der Waals surface area contributed by atoms with E-state index < -0.39 is 0 Å². The Labute approximate surface area is 105 Å². The van der Waals surface area contributed by atoms with Crippen molar-refractivity contribution >= 4 is 25.8 Å². The van der Waals surface area contributed by atoms with Crippen molar-refractivity contribution in [1.82, 2.24) is 0 Å². The molecule has 0 bridgehead atoms. The summed E-state index contributed by atoms with van der Waals surface area (Å²) < 4.78 is 5.74. The normalized spacial score (nSPS) is 11.5. The molecule has 86 valence electrons. The summed E-state index contributed by atoms with van der Waals surface area (Å²) in [6, 6.07) is 8.24. The summed E-state index contributed by atoms with van der Waals surface area (Å²) in [5, 5.41) is 0.297. The van der Waals surface area contributed by atoms with Crippen molar-refractivity contribution in [2.45, 2.75) is 39.3 Å². The molecule has 0 N–H and O–H groups in total. The van der Waals surface area contributed by atoms with Crippen molar-refractivity contribution < 1.29 is 4.52 Å². The Kier molecular flexibility index (Phi) is 6.47. The zero-order chi connectivity index (χ0) is 10.6. The van der Waals surface area contributed by atoms with Crippen molar-refractivity contribution in [2.75, 3.05) is 0 Å². The smallest absolute Gasteiger partial charge is 0.122 e. The first-order chi connectivity index (χ1) is 6.53. The fourth-order valence-corrected chi connectivity index (χ4v) is 1.55. The van der Waals surface area contributed by atoms with Gasteiger partial charge in [0.1, 0.15) is 5.75 Å². The molecule has 0 aliphatic carbocycles. The molecule has 1 aromatic carbocycles. The Morgan fingerprint density at radius 3 is 2.20 bits per heavy atom. The fraction of sp³-hybridized carbons (Fsp3) is 0.500. The van der Waals surface area contributed by atoms with Crippen LogP contribution in [0.3, 0.4) is 0 Å². The molecule has 0 fully saturated rings. The molecule has 1 nitrogen and oxygen atoms in total. The number of halogens is 1. The van der Waals surface area contributed by atoms with Gasteiger partial charge in [0.25, 0.3) is 0 Å². The molecular formula is C12H20BrOP. The third kappa shape index (κ3) is 5.53. The third-order valence-electron chi connectivity index (χ3n) is 2.35. The Morgan fingerprint density at radius 2 is 1.73 bits per heavy atom. The van der Waals surface area contributed by atoms with Crippen LogP contribution < -0.4 is 4.52 Å². The van der Waals surface area contributed by atoms with Gasteiger partial charge in [0.2, 0.25) is 0 Å². The lowest BCUT2D eigenvalue weighted by atomic mass is 10.1. The van der Waals surface area contributed by atoms with Gasteiger partial charge in [-0.25, -0.2) is 0 Å². The van der Waals surface area contributed by atoms with Crippen LogP contribution in [0.25, 0.3) is 0 Å². The second kappa shape index (κ2) is 6.50. The molecule has 0 saturated heterocycles. The summed E-state index contributed by atoms with van der Waals surface area (Å²) in [4.78, 5) is 0. The molecule has 1 unspecified atom stereocenters. The number of hydrogen-bond acceptors (Lipinski definition) is 1. The molecule has 3 heteroatoms. The molecule has 1 rings (SSSR count). The Bertz CT molecular complexity index is 282. The van der Waals surface area contributed by atoms with Gasteiger partial charge < -0.3 is 4.52 Å². The van der Waals surface area contributed by atoms with E-state index in [4.69, 9.17) is 4.52 Å². The van der Waals surface area contributed by atoms with Gasteiger partial charge in [-0.2, -0.15) is 0 Å². The van der Waals surface area contributed by atoms with E-state index in [2.05, 4.69) is 39.8 Å². The van der Waals surface area contributed by atoms with Gasteiger partial charge in [0, 0.05) is 5.16 Å². The molecule has 0 spiro atoms. The number of benzene rings is 1. The molecule has 0 saturated carbocycles. The Balaban J connectivity index is 0.00000196. The topological polar surface area (TPSA) is 9.23 Å². The van der Waals surface area contributed by atoms with Crippen molar-refractivity contribution in [3.63, 3.8) is 0 Å². The predicted octanol–water partition coefficient (Wildman–Crippen LogP) is 4.73. The maximum atomic E-state index is 5.74. The summed E-state index contributed by atoms with van der Waals surface area (Å²) in [5.41, 5.74) is 1.27. The van der Waals surface area contributed by atoms with E-state index >= 15 is 0 Å². The summed E-state index contributed by atoms with van der Waals surface area (Å²) in [6.07, 6.45) is 1.15. The SMILES string of the molecule is Br.CCC(C)(C)POc1ccc(C)cc1. The first-order valence-electron chi connectivity index (χ1n) is 5.04. The van der Waals surface area contributed by atoms with Crippen LogP contribution in [0, 0.1) is 6.92 Å². The van der Waals surface area contributed by atoms with Crippen LogP contribution in [-0.4, -0.2) is 5.16 Å². The first-order valence-corrected chi connectivity index (χ1v) is 5.95. The van der Waals surface area contributed by atoms with Crippen molar-refractivity contribution in [3.8, 4) is 5.75 Å². The van der Waals surface area contributed by atoms with E-state index in [1.54, 1.807) is 0 Å². The van der Waals surface area contributed by atoms with Crippen LogP contribution in [0.1, 0.15) is 32.8 Å². The number of rotatable bonds is 4. The fourth-order valence-electron chi connectivity index (χ4n) is 0.876. The van der Waals surface area contributed by atoms with E-state index in [9.17, 15) is 0 Å². The lowest BCUT2D eigenvalue weighted by Gasteiger charge is -2.21. The van der Waals surface area contributed by atoms with Crippen LogP contribution in [0.4, 0.5) is 0 Å². The minimum absolute atomic E-state index is 0. The average molecular weight is 291 g/mol. The molecule has 0 aromatic heterocycles.